The lowest BCUT2D eigenvalue weighted by atomic mass is 9.91. The molecule has 0 unspecified atom stereocenters. The zero-order valence-electron chi connectivity index (χ0n) is 15.5. The summed E-state index contributed by atoms with van der Waals surface area (Å²) in [7, 11) is 0. The van der Waals surface area contributed by atoms with Crippen LogP contribution >= 0.6 is 11.6 Å². The molecule has 0 atom stereocenters. The third kappa shape index (κ3) is 6.92. The number of halogens is 2. The number of hydrogen-bond donors (Lipinski definition) is 3. The van der Waals surface area contributed by atoms with Gasteiger partial charge < -0.3 is 16.0 Å². The van der Waals surface area contributed by atoms with Crippen LogP contribution in [0.1, 0.15) is 56.8 Å². The molecule has 0 aromatic heterocycles. The van der Waals surface area contributed by atoms with E-state index in [1.807, 2.05) is 20.8 Å². The maximum absolute atomic E-state index is 13.4. The largest absolute Gasteiger partial charge is 0.350 e. The van der Waals surface area contributed by atoms with Crippen LogP contribution in [-0.4, -0.2) is 36.0 Å². The van der Waals surface area contributed by atoms with Crippen LogP contribution < -0.4 is 16.0 Å². The Morgan fingerprint density at radius 2 is 1.73 bits per heavy atom. The molecule has 5 nitrogen and oxygen atoms in total. The highest BCUT2D eigenvalue weighted by Gasteiger charge is 2.23. The topological polar surface area (TPSA) is 70.2 Å². The van der Waals surface area contributed by atoms with Gasteiger partial charge in [0.25, 0.3) is 5.91 Å². The Kier molecular flexibility index (Phi) is 7.01. The highest BCUT2D eigenvalue weighted by Crippen LogP contribution is 2.20. The van der Waals surface area contributed by atoms with E-state index in [4.69, 9.17) is 11.6 Å². The van der Waals surface area contributed by atoms with Crippen LogP contribution in [0.4, 0.5) is 4.39 Å². The highest BCUT2D eigenvalue weighted by atomic mass is 35.5. The fourth-order valence-corrected chi connectivity index (χ4v) is 3.32. The molecule has 1 aromatic rings. The molecule has 1 saturated carbocycles. The Hall–Kier alpha value is -1.66. The van der Waals surface area contributed by atoms with Crippen molar-refractivity contribution in [3.05, 3.63) is 34.6 Å². The van der Waals surface area contributed by atoms with E-state index in [1.165, 1.54) is 18.2 Å². The molecular formula is C19H27ClFN3O2. The van der Waals surface area contributed by atoms with Gasteiger partial charge in [-0.3, -0.25) is 9.59 Å². The summed E-state index contributed by atoms with van der Waals surface area (Å²) < 4.78 is 13.4. The van der Waals surface area contributed by atoms with Crippen molar-refractivity contribution < 1.29 is 14.0 Å². The Balaban J connectivity index is 1.74. The van der Waals surface area contributed by atoms with E-state index < -0.39 is 5.82 Å². The molecule has 1 aromatic carbocycles. The van der Waals surface area contributed by atoms with Crippen LogP contribution in [0.5, 0.6) is 0 Å². The Morgan fingerprint density at radius 3 is 2.31 bits per heavy atom. The Morgan fingerprint density at radius 1 is 1.12 bits per heavy atom. The monoisotopic (exact) mass is 383 g/mol. The van der Waals surface area contributed by atoms with Gasteiger partial charge in [0, 0.05) is 28.2 Å². The van der Waals surface area contributed by atoms with E-state index in [1.54, 1.807) is 0 Å². The molecule has 0 aliphatic heterocycles. The molecule has 0 bridgehead atoms. The predicted molar refractivity (Wildman–Crippen MR) is 101 cm³/mol. The number of carbonyl (C=O) groups is 2. The maximum atomic E-state index is 13.4. The second-order valence-corrected chi connectivity index (χ2v) is 8.30. The van der Waals surface area contributed by atoms with Gasteiger partial charge in [-0.2, -0.15) is 0 Å². The molecule has 26 heavy (non-hydrogen) atoms. The van der Waals surface area contributed by atoms with E-state index in [9.17, 15) is 14.0 Å². The minimum absolute atomic E-state index is 0.0177. The second kappa shape index (κ2) is 8.82. The van der Waals surface area contributed by atoms with Crippen LogP contribution in [0.15, 0.2) is 18.2 Å². The van der Waals surface area contributed by atoms with Gasteiger partial charge in [0.15, 0.2) is 0 Å². The van der Waals surface area contributed by atoms with Crippen LogP contribution in [0, 0.1) is 5.82 Å². The SMILES string of the molecule is CC(C)(C)NC(=O)CNC1CCC(NC(=O)c2cc(F)cc(Cl)c2)CC1. The molecule has 0 saturated heterocycles. The first kappa shape index (κ1) is 20.6. The molecule has 1 fully saturated rings. The summed E-state index contributed by atoms with van der Waals surface area (Å²) >= 11 is 5.80. The van der Waals surface area contributed by atoms with Crippen molar-refractivity contribution in [3.8, 4) is 0 Å². The third-order valence-corrected chi connectivity index (χ3v) is 4.47. The average molecular weight is 384 g/mol. The molecule has 0 heterocycles. The van der Waals surface area contributed by atoms with Crippen LogP contribution in [0.3, 0.4) is 0 Å². The lowest BCUT2D eigenvalue weighted by molar-refractivity contribution is -0.121. The van der Waals surface area contributed by atoms with Crippen molar-refractivity contribution in [2.45, 2.75) is 64.1 Å². The number of amides is 2. The first-order valence-electron chi connectivity index (χ1n) is 8.94. The fourth-order valence-electron chi connectivity index (χ4n) is 3.10. The molecule has 0 spiro atoms. The number of rotatable bonds is 5. The van der Waals surface area contributed by atoms with Gasteiger partial charge in [-0.05, 0) is 64.7 Å². The van der Waals surface area contributed by atoms with Gasteiger partial charge in [0.05, 0.1) is 6.54 Å². The van der Waals surface area contributed by atoms with Gasteiger partial charge in [-0.15, -0.1) is 0 Å². The predicted octanol–water partition coefficient (Wildman–Crippen LogP) is 3.02. The molecular weight excluding hydrogens is 357 g/mol. The first-order chi connectivity index (χ1) is 12.1. The summed E-state index contributed by atoms with van der Waals surface area (Å²) in [5.41, 5.74) is -0.00495. The van der Waals surface area contributed by atoms with Crippen LogP contribution in [0.25, 0.3) is 0 Å². The summed E-state index contributed by atoms with van der Waals surface area (Å²) in [5, 5.41) is 9.33. The third-order valence-electron chi connectivity index (χ3n) is 4.25. The van der Waals surface area contributed by atoms with Gasteiger partial charge in [0.1, 0.15) is 5.82 Å². The molecule has 144 valence electrons. The number of carbonyl (C=O) groups excluding carboxylic acids is 2. The molecule has 0 radical (unpaired) electrons. The minimum atomic E-state index is -0.524. The smallest absolute Gasteiger partial charge is 0.251 e. The fraction of sp³-hybridized carbons (Fsp3) is 0.579. The summed E-state index contributed by atoms with van der Waals surface area (Å²) in [6, 6.07) is 4.12. The lowest BCUT2D eigenvalue weighted by Crippen LogP contribution is -2.48. The van der Waals surface area contributed by atoms with E-state index in [-0.39, 0.29) is 40.0 Å². The summed E-state index contributed by atoms with van der Waals surface area (Å²) in [6.45, 7) is 6.14. The van der Waals surface area contributed by atoms with Crippen molar-refractivity contribution >= 4 is 23.4 Å². The number of benzene rings is 1. The van der Waals surface area contributed by atoms with Crippen LogP contribution in [-0.2, 0) is 4.79 Å². The highest BCUT2D eigenvalue weighted by molar-refractivity contribution is 6.31. The standard InChI is InChI=1S/C19H27ClFN3O2/c1-19(2,3)24-17(25)11-22-15-4-6-16(7-5-15)23-18(26)12-8-13(20)10-14(21)9-12/h8-10,15-16,22H,4-7,11H2,1-3H3,(H,23,26)(H,24,25). The van der Waals surface area contributed by atoms with Gasteiger partial charge >= 0.3 is 0 Å². The van der Waals surface area contributed by atoms with E-state index >= 15 is 0 Å². The molecule has 1 aliphatic rings. The zero-order valence-corrected chi connectivity index (χ0v) is 16.3. The van der Waals surface area contributed by atoms with E-state index in [2.05, 4.69) is 16.0 Å². The molecule has 1 aliphatic carbocycles. The van der Waals surface area contributed by atoms with Gasteiger partial charge in [0.2, 0.25) is 5.91 Å². The van der Waals surface area contributed by atoms with Gasteiger partial charge in [-0.1, -0.05) is 11.6 Å². The first-order valence-corrected chi connectivity index (χ1v) is 9.31. The minimum Gasteiger partial charge on any atom is -0.350 e. The molecule has 2 rings (SSSR count). The lowest BCUT2D eigenvalue weighted by Gasteiger charge is -2.30. The molecule has 7 heteroatoms. The Labute approximate surface area is 159 Å². The summed E-state index contributed by atoms with van der Waals surface area (Å²) in [5.74, 6) is -0.854. The van der Waals surface area contributed by atoms with Crippen molar-refractivity contribution in [2.75, 3.05) is 6.54 Å². The molecule has 2 amide bonds. The maximum Gasteiger partial charge on any atom is 0.251 e. The van der Waals surface area contributed by atoms with E-state index in [0.29, 0.717) is 6.54 Å². The normalized spacial score (nSPS) is 20.5. The van der Waals surface area contributed by atoms with E-state index in [0.717, 1.165) is 25.7 Å². The average Bonchev–Trinajstić information content (AvgIpc) is 2.51. The van der Waals surface area contributed by atoms with Crippen LogP contribution in [0.2, 0.25) is 5.02 Å². The Bertz CT molecular complexity index is 632. The van der Waals surface area contributed by atoms with Crippen molar-refractivity contribution in [1.82, 2.24) is 16.0 Å². The zero-order chi connectivity index (χ0) is 19.3. The summed E-state index contributed by atoms with van der Waals surface area (Å²) in [6.07, 6.45) is 3.37. The quantitative estimate of drug-likeness (QED) is 0.732. The van der Waals surface area contributed by atoms with Crippen molar-refractivity contribution in [1.29, 1.82) is 0 Å². The summed E-state index contributed by atoms with van der Waals surface area (Å²) in [4.78, 5) is 24.1. The number of nitrogens with one attached hydrogen (secondary N) is 3. The number of hydrogen-bond acceptors (Lipinski definition) is 3. The van der Waals surface area contributed by atoms with Gasteiger partial charge in [-0.25, -0.2) is 4.39 Å². The van der Waals surface area contributed by atoms with Crippen molar-refractivity contribution in [3.63, 3.8) is 0 Å². The van der Waals surface area contributed by atoms with Crippen molar-refractivity contribution in [2.24, 2.45) is 0 Å². The molecule has 3 N–H and O–H groups in total. The second-order valence-electron chi connectivity index (χ2n) is 7.86.